The van der Waals surface area contributed by atoms with Crippen LogP contribution in [0, 0.1) is 5.82 Å². The number of hydrazone groups is 1. The van der Waals surface area contributed by atoms with Gasteiger partial charge in [0.2, 0.25) is 5.75 Å². The quantitative estimate of drug-likeness (QED) is 0.261. The lowest BCUT2D eigenvalue weighted by molar-refractivity contribution is -0.139. The van der Waals surface area contributed by atoms with Gasteiger partial charge in [0.05, 0.1) is 57.5 Å². The molecule has 0 aliphatic heterocycles. The minimum absolute atomic E-state index is 0.0508. The molecule has 2 aromatic carbocycles. The summed E-state index contributed by atoms with van der Waals surface area (Å²) in [4.78, 5) is 37.9. The zero-order valence-corrected chi connectivity index (χ0v) is 20.3. The molecule has 0 aliphatic carbocycles. The van der Waals surface area contributed by atoms with E-state index in [0.29, 0.717) is 11.4 Å². The van der Waals surface area contributed by atoms with Crippen LogP contribution in [-0.2, 0) is 16.0 Å². The van der Waals surface area contributed by atoms with Crippen molar-refractivity contribution < 1.29 is 32.9 Å². The van der Waals surface area contributed by atoms with Gasteiger partial charge in [0.1, 0.15) is 5.82 Å². The number of aromatic nitrogens is 2. The van der Waals surface area contributed by atoms with Gasteiger partial charge in [0.25, 0.3) is 11.5 Å². The summed E-state index contributed by atoms with van der Waals surface area (Å²) in [5.74, 6) is -0.819. The fraction of sp³-hybridized carbons (Fsp3) is 0.250. The topological polar surface area (TPSA) is 133 Å². The van der Waals surface area contributed by atoms with Gasteiger partial charge in [-0.25, -0.2) is 14.5 Å². The number of hydrogen-bond acceptors (Lipinski definition) is 8. The van der Waals surface area contributed by atoms with Crippen LogP contribution in [-0.4, -0.2) is 55.8 Å². The van der Waals surface area contributed by atoms with E-state index in [4.69, 9.17) is 18.9 Å². The van der Waals surface area contributed by atoms with Crippen LogP contribution in [0.1, 0.15) is 28.5 Å². The Labute approximate surface area is 205 Å². The van der Waals surface area contributed by atoms with Gasteiger partial charge in [-0.05, 0) is 43.3 Å². The van der Waals surface area contributed by atoms with E-state index in [1.54, 1.807) is 0 Å². The molecule has 1 aromatic heterocycles. The molecule has 190 valence electrons. The van der Waals surface area contributed by atoms with Crippen LogP contribution in [0.3, 0.4) is 0 Å². The molecule has 3 rings (SSSR count). The fourth-order valence-electron chi connectivity index (χ4n) is 3.44. The number of nitrogens with zero attached hydrogens (tertiary/aromatic N) is 2. The first-order valence-electron chi connectivity index (χ1n) is 10.6. The highest BCUT2D eigenvalue weighted by Crippen LogP contribution is 2.38. The maximum Gasteiger partial charge on any atom is 0.311 e. The van der Waals surface area contributed by atoms with Crippen LogP contribution in [0.4, 0.5) is 4.39 Å². The van der Waals surface area contributed by atoms with E-state index in [0.717, 1.165) is 4.68 Å². The summed E-state index contributed by atoms with van der Waals surface area (Å²) in [6, 6.07) is 8.08. The summed E-state index contributed by atoms with van der Waals surface area (Å²) >= 11 is 0. The number of methoxy groups -OCH3 is 4. The zero-order valence-electron chi connectivity index (χ0n) is 20.3. The second kappa shape index (κ2) is 11.2. The molecule has 1 heterocycles. The number of amides is 1. The number of ether oxygens (including phenoxy) is 4. The third-order valence-corrected chi connectivity index (χ3v) is 5.21. The zero-order chi connectivity index (χ0) is 26.4. The van der Waals surface area contributed by atoms with Gasteiger partial charge in [-0.2, -0.15) is 5.10 Å². The van der Waals surface area contributed by atoms with Crippen molar-refractivity contribution >= 4 is 17.6 Å². The highest BCUT2D eigenvalue weighted by Gasteiger charge is 2.21. The molecule has 11 nitrogen and oxygen atoms in total. The average molecular weight is 500 g/mol. The van der Waals surface area contributed by atoms with Crippen LogP contribution in [0.15, 0.2) is 46.3 Å². The Bertz CT molecular complexity index is 1330. The molecule has 36 heavy (non-hydrogen) atoms. The highest BCUT2D eigenvalue weighted by atomic mass is 19.1. The Morgan fingerprint density at radius 2 is 1.64 bits per heavy atom. The van der Waals surface area contributed by atoms with Crippen molar-refractivity contribution in [2.45, 2.75) is 13.3 Å². The Morgan fingerprint density at radius 3 is 2.17 bits per heavy atom. The van der Waals surface area contributed by atoms with E-state index in [1.165, 1.54) is 71.8 Å². The van der Waals surface area contributed by atoms with Gasteiger partial charge in [0, 0.05) is 5.56 Å². The number of carbonyl (C=O) groups is 2. The predicted octanol–water partition coefficient (Wildman–Crippen LogP) is 2.20. The smallest absolute Gasteiger partial charge is 0.311 e. The van der Waals surface area contributed by atoms with Gasteiger partial charge < -0.3 is 18.9 Å². The molecule has 3 aromatic rings. The van der Waals surface area contributed by atoms with E-state index in [2.05, 4.69) is 15.6 Å². The number of nitrogens with one attached hydrogen (secondary N) is 2. The standard InChI is InChI=1S/C24H25FN4O7/c1-13(26-27-23(31)14-10-18(33-2)22(36-5)19(11-14)34-3)21-17(12-20(30)35-4)28-29(24(21)32)16-8-6-15(25)7-9-16/h6-11,28H,12H2,1-5H3,(H,27,31). The first-order chi connectivity index (χ1) is 17.2. The second-order valence-corrected chi connectivity index (χ2v) is 7.39. The normalized spacial score (nSPS) is 11.1. The van der Waals surface area contributed by atoms with Crippen LogP contribution < -0.4 is 25.2 Å². The molecular formula is C24H25FN4O7. The summed E-state index contributed by atoms with van der Waals surface area (Å²) in [7, 11) is 5.50. The maximum atomic E-state index is 13.3. The number of halogens is 1. The average Bonchev–Trinajstić information content (AvgIpc) is 3.21. The van der Waals surface area contributed by atoms with Gasteiger partial charge >= 0.3 is 5.97 Å². The Balaban J connectivity index is 1.98. The molecule has 12 heteroatoms. The van der Waals surface area contributed by atoms with Gasteiger partial charge in [-0.3, -0.25) is 19.5 Å². The van der Waals surface area contributed by atoms with Gasteiger partial charge in [0.15, 0.2) is 11.5 Å². The SMILES string of the molecule is COC(=O)Cc1[nH]n(-c2ccc(F)cc2)c(=O)c1C(C)=NNC(=O)c1cc(OC)c(OC)c(OC)c1. The molecule has 0 aliphatic rings. The van der Waals surface area contributed by atoms with Crippen LogP contribution >= 0.6 is 0 Å². The minimum atomic E-state index is -0.613. The van der Waals surface area contributed by atoms with Crippen molar-refractivity contribution in [3.8, 4) is 22.9 Å². The second-order valence-electron chi connectivity index (χ2n) is 7.39. The summed E-state index contributed by atoms with van der Waals surface area (Å²) < 4.78 is 35.0. The molecule has 0 atom stereocenters. The predicted molar refractivity (Wildman–Crippen MR) is 128 cm³/mol. The van der Waals surface area contributed by atoms with Crippen molar-refractivity contribution in [2.75, 3.05) is 28.4 Å². The Hall–Kier alpha value is -4.61. The number of esters is 1. The lowest BCUT2D eigenvalue weighted by atomic mass is 10.1. The highest BCUT2D eigenvalue weighted by molar-refractivity contribution is 6.02. The third kappa shape index (κ3) is 5.37. The Kier molecular flexibility index (Phi) is 8.10. The van der Waals surface area contributed by atoms with Crippen molar-refractivity contribution in [3.63, 3.8) is 0 Å². The molecule has 0 spiro atoms. The van der Waals surface area contributed by atoms with Gasteiger partial charge in [-0.1, -0.05) is 0 Å². The largest absolute Gasteiger partial charge is 0.493 e. The lowest BCUT2D eigenvalue weighted by Crippen LogP contribution is -2.24. The molecule has 1 amide bonds. The number of carbonyl (C=O) groups excluding carboxylic acids is 2. The maximum absolute atomic E-state index is 13.3. The molecule has 0 radical (unpaired) electrons. The van der Waals surface area contributed by atoms with Gasteiger partial charge in [-0.15, -0.1) is 0 Å². The fourth-order valence-corrected chi connectivity index (χ4v) is 3.44. The molecule has 0 saturated carbocycles. The number of hydrogen-bond donors (Lipinski definition) is 2. The van der Waals surface area contributed by atoms with Crippen molar-refractivity contribution in [2.24, 2.45) is 5.10 Å². The molecular weight excluding hydrogens is 475 g/mol. The monoisotopic (exact) mass is 500 g/mol. The molecule has 0 unspecified atom stereocenters. The third-order valence-electron chi connectivity index (χ3n) is 5.21. The minimum Gasteiger partial charge on any atom is -0.493 e. The van der Waals surface area contributed by atoms with Crippen molar-refractivity contribution in [1.29, 1.82) is 0 Å². The number of rotatable bonds is 9. The summed E-state index contributed by atoms with van der Waals surface area (Å²) in [5, 5.41) is 6.89. The first kappa shape index (κ1) is 26.0. The lowest BCUT2D eigenvalue weighted by Gasteiger charge is -2.13. The Morgan fingerprint density at radius 1 is 1.03 bits per heavy atom. The van der Waals surface area contributed by atoms with Crippen LogP contribution in [0.25, 0.3) is 5.69 Å². The summed E-state index contributed by atoms with van der Waals surface area (Å²) in [5.41, 5.74) is 2.72. The first-order valence-corrected chi connectivity index (χ1v) is 10.6. The van der Waals surface area contributed by atoms with Crippen molar-refractivity contribution in [3.05, 3.63) is 69.4 Å². The van der Waals surface area contributed by atoms with E-state index in [-0.39, 0.29) is 40.5 Å². The van der Waals surface area contributed by atoms with E-state index < -0.39 is 23.3 Å². The molecule has 0 bridgehead atoms. The number of H-pyrrole nitrogens is 1. The molecule has 2 N–H and O–H groups in total. The molecule has 0 fully saturated rings. The van der Waals surface area contributed by atoms with E-state index in [9.17, 15) is 18.8 Å². The van der Waals surface area contributed by atoms with Crippen LogP contribution in [0.5, 0.6) is 17.2 Å². The van der Waals surface area contributed by atoms with E-state index in [1.807, 2.05) is 0 Å². The van der Waals surface area contributed by atoms with Crippen molar-refractivity contribution in [1.82, 2.24) is 15.2 Å². The summed E-state index contributed by atoms with van der Waals surface area (Å²) in [6.45, 7) is 1.50. The summed E-state index contributed by atoms with van der Waals surface area (Å²) in [6.07, 6.45) is -0.261. The van der Waals surface area contributed by atoms with E-state index >= 15 is 0 Å². The van der Waals surface area contributed by atoms with Crippen LogP contribution in [0.2, 0.25) is 0 Å². The number of aromatic amines is 1. The number of benzene rings is 2. The molecule has 0 saturated heterocycles.